The highest BCUT2D eigenvalue weighted by atomic mass is 15.1. The number of anilines is 1. The van der Waals surface area contributed by atoms with Crippen molar-refractivity contribution in [1.82, 2.24) is 0 Å². The fourth-order valence-corrected chi connectivity index (χ4v) is 3.21. The zero-order valence-electron chi connectivity index (χ0n) is 11.0. The number of hydrogen-bond donors (Lipinski definition) is 0. The van der Waals surface area contributed by atoms with Crippen LogP contribution < -0.4 is 4.90 Å². The van der Waals surface area contributed by atoms with Gasteiger partial charge in [-0.05, 0) is 23.1 Å². The van der Waals surface area contributed by atoms with Gasteiger partial charge in [-0.25, -0.2) is 0 Å². The minimum absolute atomic E-state index is 0.526. The molecule has 0 saturated heterocycles. The summed E-state index contributed by atoms with van der Waals surface area (Å²) in [5.41, 5.74) is 4.28. The molecule has 0 aliphatic carbocycles. The first-order chi connectivity index (χ1) is 8.77. The highest BCUT2D eigenvalue weighted by Gasteiger charge is 2.29. The predicted octanol–water partition coefficient (Wildman–Crippen LogP) is 3.90. The summed E-state index contributed by atoms with van der Waals surface area (Å²) in [4.78, 5) is 2.37. The monoisotopic (exact) mass is 237 g/mol. The average molecular weight is 237 g/mol. The van der Waals surface area contributed by atoms with Crippen LogP contribution in [0, 0.1) is 5.92 Å². The molecule has 1 heteroatoms. The summed E-state index contributed by atoms with van der Waals surface area (Å²) in [7, 11) is 2.19. The number of fused-ring (bicyclic) bond motifs is 1. The summed E-state index contributed by atoms with van der Waals surface area (Å²) in [6.45, 7) is 3.47. The Morgan fingerprint density at radius 3 is 2.39 bits per heavy atom. The van der Waals surface area contributed by atoms with E-state index in [1.807, 2.05) is 0 Å². The molecule has 1 aliphatic rings. The van der Waals surface area contributed by atoms with Gasteiger partial charge in [0.25, 0.3) is 0 Å². The maximum absolute atomic E-state index is 2.37. The first-order valence-corrected chi connectivity index (χ1v) is 6.62. The molecule has 92 valence electrons. The van der Waals surface area contributed by atoms with E-state index in [9.17, 15) is 0 Å². The molecular formula is C17H19N. The average Bonchev–Trinajstić information content (AvgIpc) is 2.40. The number of para-hydroxylation sites is 1. The van der Waals surface area contributed by atoms with Gasteiger partial charge in [0.1, 0.15) is 0 Å². The summed E-state index contributed by atoms with van der Waals surface area (Å²) < 4.78 is 0. The maximum Gasteiger partial charge on any atom is 0.0402 e. The summed E-state index contributed by atoms with van der Waals surface area (Å²) in [5.74, 6) is 1.17. The lowest BCUT2D eigenvalue weighted by molar-refractivity contribution is 0.490. The smallest absolute Gasteiger partial charge is 0.0402 e. The first kappa shape index (κ1) is 11.3. The molecular weight excluding hydrogens is 218 g/mol. The zero-order chi connectivity index (χ0) is 12.5. The molecule has 1 nitrogen and oxygen atoms in total. The molecule has 18 heavy (non-hydrogen) atoms. The van der Waals surface area contributed by atoms with Crippen molar-refractivity contribution in [2.75, 3.05) is 18.5 Å². The minimum atomic E-state index is 0.526. The van der Waals surface area contributed by atoms with Crippen LogP contribution in [-0.2, 0) is 0 Å². The van der Waals surface area contributed by atoms with Crippen LogP contribution in [0.5, 0.6) is 0 Å². The number of nitrogens with zero attached hydrogens (tertiary/aromatic N) is 1. The topological polar surface area (TPSA) is 3.24 Å². The molecule has 0 fully saturated rings. The normalized spacial score (nSPS) is 22.7. The molecule has 3 rings (SSSR count). The van der Waals surface area contributed by atoms with E-state index in [4.69, 9.17) is 0 Å². The van der Waals surface area contributed by atoms with Gasteiger partial charge in [-0.1, -0.05) is 55.5 Å². The van der Waals surface area contributed by atoms with Crippen LogP contribution in [0.25, 0.3) is 0 Å². The van der Waals surface area contributed by atoms with Gasteiger partial charge in [0.15, 0.2) is 0 Å². The van der Waals surface area contributed by atoms with Crippen LogP contribution in [0.4, 0.5) is 5.69 Å². The lowest BCUT2D eigenvalue weighted by Crippen LogP contribution is -2.34. The van der Waals surface area contributed by atoms with Crippen LogP contribution in [0.2, 0.25) is 0 Å². The molecule has 2 aromatic carbocycles. The standard InChI is InChI=1S/C17H19N/c1-13-12-18(2)16-11-7-6-10-15(16)17(13)14-8-4-3-5-9-14/h3-11,13,17H,12H2,1-2H3/t13-,17+/m1/s1. The molecule has 2 atom stereocenters. The van der Waals surface area contributed by atoms with E-state index >= 15 is 0 Å². The predicted molar refractivity (Wildman–Crippen MR) is 77.2 cm³/mol. The molecule has 0 bridgehead atoms. The molecule has 0 spiro atoms. The minimum Gasteiger partial charge on any atom is -0.374 e. The van der Waals surface area contributed by atoms with Crippen LogP contribution in [0.15, 0.2) is 54.6 Å². The highest BCUT2D eigenvalue weighted by molar-refractivity contribution is 5.59. The summed E-state index contributed by atoms with van der Waals surface area (Å²) in [6.07, 6.45) is 0. The van der Waals surface area contributed by atoms with E-state index in [1.54, 1.807) is 0 Å². The van der Waals surface area contributed by atoms with Crippen molar-refractivity contribution in [3.8, 4) is 0 Å². The van der Waals surface area contributed by atoms with E-state index in [0.717, 1.165) is 6.54 Å². The van der Waals surface area contributed by atoms with Crippen LogP contribution in [0.3, 0.4) is 0 Å². The van der Waals surface area contributed by atoms with E-state index in [1.165, 1.54) is 16.8 Å². The Morgan fingerprint density at radius 2 is 1.61 bits per heavy atom. The fraction of sp³-hybridized carbons (Fsp3) is 0.294. The third kappa shape index (κ3) is 1.80. The lowest BCUT2D eigenvalue weighted by Gasteiger charge is -2.38. The number of hydrogen-bond acceptors (Lipinski definition) is 1. The molecule has 0 radical (unpaired) electrons. The van der Waals surface area contributed by atoms with E-state index in [2.05, 4.69) is 73.5 Å². The SMILES string of the molecule is C[C@@H]1CN(C)c2ccccc2[C@@H]1c1ccccc1. The zero-order valence-corrected chi connectivity index (χ0v) is 11.0. The van der Waals surface area contributed by atoms with Gasteiger partial charge in [-0.3, -0.25) is 0 Å². The second-order valence-electron chi connectivity index (χ2n) is 5.30. The summed E-state index contributed by atoms with van der Waals surface area (Å²) in [6, 6.07) is 19.7. The van der Waals surface area contributed by atoms with Crippen molar-refractivity contribution < 1.29 is 0 Å². The third-order valence-electron chi connectivity index (χ3n) is 3.97. The lowest BCUT2D eigenvalue weighted by atomic mass is 9.78. The third-order valence-corrected chi connectivity index (χ3v) is 3.97. The largest absolute Gasteiger partial charge is 0.374 e. The Kier molecular flexibility index (Phi) is 2.83. The van der Waals surface area contributed by atoms with Gasteiger partial charge < -0.3 is 4.90 Å². The summed E-state index contributed by atoms with van der Waals surface area (Å²) >= 11 is 0. The second kappa shape index (κ2) is 4.49. The van der Waals surface area contributed by atoms with Gasteiger partial charge in [-0.2, -0.15) is 0 Å². The van der Waals surface area contributed by atoms with Gasteiger partial charge in [0.05, 0.1) is 0 Å². The Bertz CT molecular complexity index is 532. The number of benzene rings is 2. The fourth-order valence-electron chi connectivity index (χ4n) is 3.21. The van der Waals surface area contributed by atoms with Crippen LogP contribution in [0.1, 0.15) is 24.0 Å². The van der Waals surface area contributed by atoms with Gasteiger partial charge >= 0.3 is 0 Å². The summed E-state index contributed by atoms with van der Waals surface area (Å²) in [5, 5.41) is 0. The number of rotatable bonds is 1. The van der Waals surface area contributed by atoms with Gasteiger partial charge in [0, 0.05) is 25.2 Å². The quantitative estimate of drug-likeness (QED) is 0.727. The molecule has 0 saturated carbocycles. The molecule has 2 aromatic rings. The van der Waals surface area contributed by atoms with Crippen molar-refractivity contribution in [1.29, 1.82) is 0 Å². The van der Waals surface area contributed by atoms with Crippen LogP contribution in [-0.4, -0.2) is 13.6 Å². The molecule has 0 aromatic heterocycles. The molecule has 0 N–H and O–H groups in total. The Balaban J connectivity index is 2.12. The van der Waals surface area contributed by atoms with Crippen molar-refractivity contribution in [3.05, 3.63) is 65.7 Å². The Labute approximate surface area is 109 Å². The maximum atomic E-state index is 2.37. The van der Waals surface area contributed by atoms with Crippen LogP contribution >= 0.6 is 0 Å². The van der Waals surface area contributed by atoms with Gasteiger partial charge in [0.2, 0.25) is 0 Å². The van der Waals surface area contributed by atoms with Crippen molar-refractivity contribution in [2.24, 2.45) is 5.92 Å². The van der Waals surface area contributed by atoms with E-state index in [0.29, 0.717) is 11.8 Å². The Hall–Kier alpha value is -1.76. The van der Waals surface area contributed by atoms with Crippen molar-refractivity contribution >= 4 is 5.69 Å². The molecule has 1 heterocycles. The Morgan fingerprint density at radius 1 is 0.944 bits per heavy atom. The van der Waals surface area contributed by atoms with E-state index < -0.39 is 0 Å². The molecule has 0 unspecified atom stereocenters. The van der Waals surface area contributed by atoms with Gasteiger partial charge in [-0.15, -0.1) is 0 Å². The molecule has 1 aliphatic heterocycles. The highest BCUT2D eigenvalue weighted by Crippen LogP contribution is 2.41. The second-order valence-corrected chi connectivity index (χ2v) is 5.30. The van der Waals surface area contributed by atoms with Crippen molar-refractivity contribution in [2.45, 2.75) is 12.8 Å². The molecule has 0 amide bonds. The van der Waals surface area contributed by atoms with Crippen molar-refractivity contribution in [3.63, 3.8) is 0 Å². The van der Waals surface area contributed by atoms with E-state index in [-0.39, 0.29) is 0 Å². The first-order valence-electron chi connectivity index (χ1n) is 6.62.